The van der Waals surface area contributed by atoms with Crippen LogP contribution in [0.3, 0.4) is 0 Å². The van der Waals surface area contributed by atoms with Gasteiger partial charge in [-0.2, -0.15) is 4.98 Å². The highest BCUT2D eigenvalue weighted by Gasteiger charge is 2.44. The number of rotatable bonds is 3. The summed E-state index contributed by atoms with van der Waals surface area (Å²) in [6.45, 7) is 0. The molecule has 1 fully saturated rings. The van der Waals surface area contributed by atoms with Crippen molar-refractivity contribution in [2.45, 2.75) is 41.9 Å². The first-order chi connectivity index (χ1) is 10.9. The normalized spacial score (nSPS) is 24.0. The van der Waals surface area contributed by atoms with Crippen LogP contribution in [0.25, 0.3) is 0 Å². The van der Waals surface area contributed by atoms with Gasteiger partial charge in [-0.05, 0) is 25.0 Å². The highest BCUT2D eigenvalue weighted by atomic mass is 32.2. The van der Waals surface area contributed by atoms with Crippen LogP contribution in [0.4, 0.5) is 13.2 Å². The molecular formula is C14H12F3N3O2S. The van der Waals surface area contributed by atoms with E-state index in [0.29, 0.717) is 12.8 Å². The second-order valence-corrected chi connectivity index (χ2v) is 7.92. The van der Waals surface area contributed by atoms with Crippen molar-refractivity contribution in [3.05, 3.63) is 41.2 Å². The van der Waals surface area contributed by atoms with E-state index in [0.717, 1.165) is 16.8 Å². The van der Waals surface area contributed by atoms with Gasteiger partial charge in [0, 0.05) is 12.0 Å². The number of hydrogen-bond donors (Lipinski definition) is 0. The van der Waals surface area contributed by atoms with Crippen LogP contribution in [0, 0.1) is 11.6 Å². The van der Waals surface area contributed by atoms with Crippen molar-refractivity contribution in [3.8, 4) is 0 Å². The van der Waals surface area contributed by atoms with Crippen LogP contribution in [0.15, 0.2) is 23.4 Å². The lowest BCUT2D eigenvalue weighted by Crippen LogP contribution is -2.14. The third kappa shape index (κ3) is 2.17. The van der Waals surface area contributed by atoms with Gasteiger partial charge in [0.1, 0.15) is 11.6 Å². The zero-order valence-corrected chi connectivity index (χ0v) is 12.6. The van der Waals surface area contributed by atoms with E-state index in [1.54, 1.807) is 0 Å². The zero-order chi connectivity index (χ0) is 16.4. The predicted octanol–water partition coefficient (Wildman–Crippen LogP) is 2.50. The lowest BCUT2D eigenvalue weighted by Gasteiger charge is -2.13. The average molecular weight is 343 g/mol. The van der Waals surface area contributed by atoms with Crippen molar-refractivity contribution in [3.63, 3.8) is 0 Å². The average Bonchev–Trinajstić information content (AvgIpc) is 3.18. The third-order valence-electron chi connectivity index (χ3n) is 4.19. The molecule has 23 heavy (non-hydrogen) atoms. The van der Waals surface area contributed by atoms with E-state index < -0.39 is 44.1 Å². The molecule has 1 aromatic carbocycles. The Balaban J connectivity index is 1.82. The molecule has 0 spiro atoms. The van der Waals surface area contributed by atoms with Gasteiger partial charge in [0.25, 0.3) is 5.16 Å². The molecule has 1 aliphatic heterocycles. The van der Waals surface area contributed by atoms with E-state index in [4.69, 9.17) is 0 Å². The molecule has 0 saturated heterocycles. The fourth-order valence-electron chi connectivity index (χ4n) is 2.88. The molecule has 4 rings (SSSR count). The number of hydrogen-bond acceptors (Lipinski definition) is 4. The quantitative estimate of drug-likeness (QED) is 0.859. The topological polar surface area (TPSA) is 64.8 Å². The molecule has 9 heteroatoms. The molecule has 0 radical (unpaired) electrons. The van der Waals surface area contributed by atoms with Crippen LogP contribution >= 0.6 is 0 Å². The van der Waals surface area contributed by atoms with Gasteiger partial charge in [0.05, 0.1) is 11.3 Å². The van der Waals surface area contributed by atoms with Crippen molar-refractivity contribution >= 4 is 9.84 Å². The van der Waals surface area contributed by atoms with Crippen molar-refractivity contribution in [2.24, 2.45) is 0 Å². The molecule has 5 nitrogen and oxygen atoms in total. The van der Waals surface area contributed by atoms with Gasteiger partial charge in [-0.3, -0.25) is 0 Å². The Morgan fingerprint density at radius 3 is 2.43 bits per heavy atom. The second-order valence-electron chi connectivity index (χ2n) is 5.80. The Kier molecular flexibility index (Phi) is 3.06. The van der Waals surface area contributed by atoms with E-state index in [-0.39, 0.29) is 17.8 Å². The summed E-state index contributed by atoms with van der Waals surface area (Å²) in [6.07, 6.45) is -0.792. The summed E-state index contributed by atoms with van der Waals surface area (Å²) in [6, 6.07) is 2.31. The number of fused-ring (bicyclic) bond motifs is 1. The first kappa shape index (κ1) is 14.7. The van der Waals surface area contributed by atoms with Crippen LogP contribution in [0.2, 0.25) is 0 Å². The van der Waals surface area contributed by atoms with Crippen molar-refractivity contribution in [2.75, 3.05) is 0 Å². The first-order valence-electron chi connectivity index (χ1n) is 7.18. The maximum absolute atomic E-state index is 14.2. The number of sulfone groups is 1. The maximum atomic E-state index is 14.2. The minimum atomic E-state index is -3.69. The SMILES string of the molecule is O=S(=O)(c1nc2n(n1)[C@H](c1c(F)cccc1F)C[C@@H]2F)C1CC1. The summed E-state index contributed by atoms with van der Waals surface area (Å²) >= 11 is 0. The van der Waals surface area contributed by atoms with Gasteiger partial charge < -0.3 is 0 Å². The van der Waals surface area contributed by atoms with E-state index >= 15 is 0 Å². The number of alkyl halides is 1. The van der Waals surface area contributed by atoms with Crippen LogP contribution in [0.1, 0.15) is 42.9 Å². The van der Waals surface area contributed by atoms with Crippen LogP contribution in [0.5, 0.6) is 0 Å². The molecular weight excluding hydrogens is 331 g/mol. The fourth-order valence-corrected chi connectivity index (χ4v) is 4.35. The number of halogens is 3. The molecule has 2 heterocycles. The van der Waals surface area contributed by atoms with Crippen molar-refractivity contribution in [1.29, 1.82) is 0 Å². The van der Waals surface area contributed by atoms with Crippen LogP contribution in [-0.4, -0.2) is 28.4 Å². The second kappa shape index (κ2) is 4.80. The highest BCUT2D eigenvalue weighted by molar-refractivity contribution is 7.92. The molecule has 0 amide bonds. The molecule has 1 aromatic heterocycles. The molecule has 2 aromatic rings. The summed E-state index contributed by atoms with van der Waals surface area (Å²) in [7, 11) is -3.69. The van der Waals surface area contributed by atoms with E-state index in [1.165, 1.54) is 6.07 Å². The molecule has 2 atom stereocenters. The molecule has 0 N–H and O–H groups in total. The third-order valence-corrected chi connectivity index (χ3v) is 6.23. The van der Waals surface area contributed by atoms with Gasteiger partial charge in [0.15, 0.2) is 12.0 Å². The molecule has 1 saturated carbocycles. The lowest BCUT2D eigenvalue weighted by atomic mass is 10.0. The van der Waals surface area contributed by atoms with E-state index in [9.17, 15) is 21.6 Å². The Bertz CT molecular complexity index is 872. The van der Waals surface area contributed by atoms with Gasteiger partial charge in [-0.1, -0.05) is 6.07 Å². The largest absolute Gasteiger partial charge is 0.267 e. The summed E-state index contributed by atoms with van der Waals surface area (Å²) in [5.41, 5.74) is -0.325. The molecule has 122 valence electrons. The standard InChI is InChI=1S/C14H12F3N3O2S/c15-8-2-1-3-9(16)12(8)11-6-10(17)13-18-14(19-20(11)13)23(21,22)7-4-5-7/h1-3,7,10-11H,4-6H2/t10-,11-/m0/s1. The van der Waals surface area contributed by atoms with E-state index in [1.807, 2.05) is 0 Å². The van der Waals surface area contributed by atoms with E-state index in [2.05, 4.69) is 10.1 Å². The van der Waals surface area contributed by atoms with Gasteiger partial charge in [-0.15, -0.1) is 5.10 Å². The predicted molar refractivity (Wildman–Crippen MR) is 73.2 cm³/mol. The summed E-state index contributed by atoms with van der Waals surface area (Å²) in [5.74, 6) is -1.84. The minimum Gasteiger partial charge on any atom is -0.239 e. The number of nitrogens with zero attached hydrogens (tertiary/aromatic N) is 3. The summed E-state index contributed by atoms with van der Waals surface area (Å²) in [5, 5.41) is 2.86. The molecule has 0 unspecified atom stereocenters. The number of aromatic nitrogens is 3. The lowest BCUT2D eigenvalue weighted by molar-refractivity contribution is 0.323. The number of benzene rings is 1. The maximum Gasteiger partial charge on any atom is 0.267 e. The monoisotopic (exact) mass is 343 g/mol. The van der Waals surface area contributed by atoms with Crippen molar-refractivity contribution < 1.29 is 21.6 Å². The van der Waals surface area contributed by atoms with Gasteiger partial charge in [-0.25, -0.2) is 26.3 Å². The summed E-state index contributed by atoms with van der Waals surface area (Å²) < 4.78 is 67.4. The Hall–Kier alpha value is -1.90. The zero-order valence-electron chi connectivity index (χ0n) is 11.8. The Morgan fingerprint density at radius 1 is 1.17 bits per heavy atom. The minimum absolute atomic E-state index is 0.197. The van der Waals surface area contributed by atoms with Gasteiger partial charge >= 0.3 is 0 Å². The molecule has 1 aliphatic carbocycles. The van der Waals surface area contributed by atoms with Crippen molar-refractivity contribution in [1.82, 2.24) is 14.8 Å². The summed E-state index contributed by atoms with van der Waals surface area (Å²) in [4.78, 5) is 3.78. The fraction of sp³-hybridized carbons (Fsp3) is 0.429. The van der Waals surface area contributed by atoms with Gasteiger partial charge in [0.2, 0.25) is 9.84 Å². The molecule has 2 aliphatic rings. The smallest absolute Gasteiger partial charge is 0.239 e. The Morgan fingerprint density at radius 2 is 1.83 bits per heavy atom. The Labute approximate surface area is 130 Å². The first-order valence-corrected chi connectivity index (χ1v) is 8.72. The molecule has 0 bridgehead atoms. The van der Waals surface area contributed by atoms with Crippen LogP contribution < -0.4 is 0 Å². The highest BCUT2D eigenvalue weighted by Crippen LogP contribution is 2.42. The van der Waals surface area contributed by atoms with Crippen LogP contribution in [-0.2, 0) is 9.84 Å².